The van der Waals surface area contributed by atoms with Crippen LogP contribution in [0.1, 0.15) is 55.4 Å². The van der Waals surface area contributed by atoms with Crippen molar-refractivity contribution in [3.63, 3.8) is 0 Å². The smallest absolute Gasteiger partial charge is 0.408 e. The van der Waals surface area contributed by atoms with Crippen molar-refractivity contribution < 1.29 is 22.5 Å². The second-order valence-electron chi connectivity index (χ2n) is 9.71. The van der Waals surface area contributed by atoms with Crippen LogP contribution in [0.2, 0.25) is 0 Å². The summed E-state index contributed by atoms with van der Waals surface area (Å²) < 4.78 is 53.3. The first-order valence-electron chi connectivity index (χ1n) is 13.1. The molecule has 3 heterocycles. The fourth-order valence-electron chi connectivity index (χ4n) is 4.10. The normalized spacial score (nSPS) is 15.4. The van der Waals surface area contributed by atoms with Crippen molar-refractivity contribution in [1.82, 2.24) is 30.2 Å². The molecule has 1 saturated carbocycles. The molecule has 1 fully saturated rings. The SMILES string of the molecule is CC[S+]([O-])c1ccc(CN/C(C=O)=N/c2c(C)nc(-c3c(C)ncnc3C3CC3)nc2N(C)[C@@H](C)C(F)(F)F)nc1. The number of aldehydes is 1. The Labute approximate surface area is 239 Å². The van der Waals surface area contributed by atoms with Crippen LogP contribution in [0.4, 0.5) is 24.7 Å². The van der Waals surface area contributed by atoms with Crippen LogP contribution in [-0.4, -0.2) is 66.6 Å². The molecule has 1 aliphatic carbocycles. The van der Waals surface area contributed by atoms with E-state index < -0.39 is 23.4 Å². The molecule has 1 aliphatic rings. The van der Waals surface area contributed by atoms with Gasteiger partial charge in [-0.3, -0.25) is 9.78 Å². The van der Waals surface area contributed by atoms with E-state index in [0.29, 0.717) is 33.9 Å². The number of carbonyl (C=O) groups is 1. The monoisotopic (exact) mass is 588 g/mol. The highest BCUT2D eigenvalue weighted by Crippen LogP contribution is 2.44. The predicted molar refractivity (Wildman–Crippen MR) is 150 cm³/mol. The number of nitrogens with one attached hydrogen (secondary N) is 1. The molecule has 3 aromatic heterocycles. The number of aryl methyl sites for hydroxylation is 2. The van der Waals surface area contributed by atoms with Crippen molar-refractivity contribution in [1.29, 1.82) is 0 Å². The van der Waals surface area contributed by atoms with Crippen LogP contribution in [0.5, 0.6) is 0 Å². The Hall–Kier alpha value is -3.65. The van der Waals surface area contributed by atoms with E-state index in [1.165, 1.54) is 19.6 Å². The molecule has 1 unspecified atom stereocenters. The number of alkyl halides is 3. The van der Waals surface area contributed by atoms with Crippen LogP contribution >= 0.6 is 0 Å². The van der Waals surface area contributed by atoms with Crippen molar-refractivity contribution in [2.24, 2.45) is 4.99 Å². The number of hydrogen-bond acceptors (Lipinski definition) is 9. The Balaban J connectivity index is 1.74. The summed E-state index contributed by atoms with van der Waals surface area (Å²) in [6.07, 6.45) is 0.776. The second-order valence-corrected chi connectivity index (χ2v) is 11.5. The van der Waals surface area contributed by atoms with Crippen LogP contribution in [0.25, 0.3) is 11.4 Å². The Morgan fingerprint density at radius 1 is 1.22 bits per heavy atom. The quantitative estimate of drug-likeness (QED) is 0.159. The zero-order chi connectivity index (χ0) is 29.9. The third kappa shape index (κ3) is 6.99. The molecule has 10 nitrogen and oxygen atoms in total. The average Bonchev–Trinajstić information content (AvgIpc) is 3.80. The number of halogens is 3. The van der Waals surface area contributed by atoms with Gasteiger partial charge in [0.05, 0.1) is 41.1 Å². The number of nitrogens with zero attached hydrogens (tertiary/aromatic N) is 7. The Bertz CT molecular complexity index is 1430. The number of amidine groups is 1. The van der Waals surface area contributed by atoms with E-state index >= 15 is 0 Å². The van der Waals surface area contributed by atoms with Gasteiger partial charge in [-0.2, -0.15) is 13.2 Å². The molecule has 0 saturated heterocycles. The van der Waals surface area contributed by atoms with Crippen molar-refractivity contribution in [2.45, 2.75) is 70.1 Å². The molecule has 1 N–H and O–H groups in total. The molecular weight excluding hydrogens is 557 g/mol. The number of carbonyl (C=O) groups excluding carboxylic acids is 1. The van der Waals surface area contributed by atoms with Crippen molar-refractivity contribution >= 4 is 34.8 Å². The van der Waals surface area contributed by atoms with Gasteiger partial charge >= 0.3 is 6.18 Å². The van der Waals surface area contributed by atoms with Gasteiger partial charge in [-0.1, -0.05) is 0 Å². The number of aromatic nitrogens is 5. The molecule has 0 aliphatic heterocycles. The summed E-state index contributed by atoms with van der Waals surface area (Å²) in [6.45, 7) is 6.32. The van der Waals surface area contributed by atoms with Crippen LogP contribution in [0.3, 0.4) is 0 Å². The summed E-state index contributed by atoms with van der Waals surface area (Å²) in [7, 11) is 1.28. The van der Waals surface area contributed by atoms with Crippen LogP contribution < -0.4 is 10.2 Å². The third-order valence-electron chi connectivity index (χ3n) is 6.80. The van der Waals surface area contributed by atoms with Gasteiger partial charge in [0.25, 0.3) is 0 Å². The molecule has 218 valence electrons. The summed E-state index contributed by atoms with van der Waals surface area (Å²) >= 11 is -1.15. The maximum atomic E-state index is 13.8. The van der Waals surface area contributed by atoms with E-state index in [1.807, 2.05) is 0 Å². The molecule has 0 radical (unpaired) electrons. The van der Waals surface area contributed by atoms with Gasteiger partial charge in [0, 0.05) is 13.0 Å². The average molecular weight is 589 g/mol. The topological polar surface area (TPSA) is 132 Å². The highest BCUT2D eigenvalue weighted by atomic mass is 32.2. The second kappa shape index (κ2) is 12.5. The number of rotatable bonds is 10. The van der Waals surface area contributed by atoms with Gasteiger partial charge in [-0.15, -0.1) is 0 Å². The van der Waals surface area contributed by atoms with Crippen molar-refractivity contribution in [2.75, 3.05) is 17.7 Å². The van der Waals surface area contributed by atoms with Gasteiger partial charge in [0.2, 0.25) is 0 Å². The lowest BCUT2D eigenvalue weighted by atomic mass is 10.1. The highest BCUT2D eigenvalue weighted by molar-refractivity contribution is 7.91. The molecule has 3 aromatic rings. The molecule has 14 heteroatoms. The van der Waals surface area contributed by atoms with Gasteiger partial charge in [-0.05, 0) is 63.8 Å². The van der Waals surface area contributed by atoms with E-state index in [-0.39, 0.29) is 41.3 Å². The number of pyridine rings is 1. The third-order valence-corrected chi connectivity index (χ3v) is 8.09. The highest BCUT2D eigenvalue weighted by Gasteiger charge is 2.40. The first-order valence-corrected chi connectivity index (χ1v) is 14.4. The zero-order valence-corrected chi connectivity index (χ0v) is 24.2. The maximum Gasteiger partial charge on any atom is 0.408 e. The minimum Gasteiger partial charge on any atom is -0.611 e. The molecule has 0 spiro atoms. The predicted octanol–water partition coefficient (Wildman–Crippen LogP) is 4.36. The maximum absolute atomic E-state index is 13.8. The number of hydrogen-bond donors (Lipinski definition) is 1. The number of aliphatic imine (C=N–C) groups is 1. The minimum absolute atomic E-state index is 0.0195. The molecule has 0 amide bonds. The lowest BCUT2D eigenvalue weighted by Gasteiger charge is -2.29. The van der Waals surface area contributed by atoms with E-state index in [0.717, 1.165) is 30.4 Å². The Morgan fingerprint density at radius 3 is 2.54 bits per heavy atom. The largest absolute Gasteiger partial charge is 0.611 e. The summed E-state index contributed by atoms with van der Waals surface area (Å²) in [4.78, 5) is 40.0. The lowest BCUT2D eigenvalue weighted by Crippen LogP contribution is -2.41. The summed E-state index contributed by atoms with van der Waals surface area (Å²) in [5, 5.41) is 2.86. The van der Waals surface area contributed by atoms with Gasteiger partial charge in [-0.25, -0.2) is 24.9 Å². The standard InChI is InChI=1S/C27H31F3N8O2S/c1-6-41(40)20-10-9-19(31-12-20)11-32-21(13-39)36-23-16(3)35-25(37-26(23)38(5)17(4)27(28,29)30)22-15(2)33-14-34-24(22)18-7-8-18/h9-10,12-14,17-18H,6-8,11H2,1-5H3,(H,32,36)/t17-,41?/m0/s1. The van der Waals surface area contributed by atoms with E-state index in [4.69, 9.17) is 0 Å². The van der Waals surface area contributed by atoms with Gasteiger partial charge < -0.3 is 14.8 Å². The minimum atomic E-state index is -4.55. The molecule has 0 bridgehead atoms. The molecule has 0 aromatic carbocycles. The van der Waals surface area contributed by atoms with Crippen LogP contribution in [0.15, 0.2) is 34.5 Å². The Kier molecular flexibility index (Phi) is 9.22. The lowest BCUT2D eigenvalue weighted by molar-refractivity contribution is -0.144. The first kappa shape index (κ1) is 30.3. The molecule has 4 rings (SSSR count). The van der Waals surface area contributed by atoms with E-state index in [1.54, 1.807) is 32.9 Å². The Morgan fingerprint density at radius 2 is 1.95 bits per heavy atom. The fraction of sp³-hybridized carbons (Fsp3) is 0.444. The molecule has 41 heavy (non-hydrogen) atoms. The van der Waals surface area contributed by atoms with Crippen LogP contribution in [0, 0.1) is 13.8 Å². The summed E-state index contributed by atoms with van der Waals surface area (Å²) in [5.41, 5.74) is 2.83. The summed E-state index contributed by atoms with van der Waals surface area (Å²) in [5.74, 6) is 0.656. The first-order chi connectivity index (χ1) is 19.4. The summed E-state index contributed by atoms with van der Waals surface area (Å²) in [6, 6.07) is 1.46. The number of anilines is 1. The van der Waals surface area contributed by atoms with Gasteiger partial charge in [0.15, 0.2) is 28.7 Å². The van der Waals surface area contributed by atoms with Crippen LogP contribution in [-0.2, 0) is 22.5 Å². The fourth-order valence-corrected chi connectivity index (χ4v) is 4.83. The van der Waals surface area contributed by atoms with Gasteiger partial charge in [0.1, 0.15) is 23.8 Å². The van der Waals surface area contributed by atoms with E-state index in [2.05, 4.69) is 35.2 Å². The molecule has 2 atom stereocenters. The van der Waals surface area contributed by atoms with Crippen molar-refractivity contribution in [3.8, 4) is 11.4 Å². The zero-order valence-electron chi connectivity index (χ0n) is 23.4. The van der Waals surface area contributed by atoms with Crippen molar-refractivity contribution in [3.05, 3.63) is 47.4 Å². The van der Waals surface area contributed by atoms with E-state index in [9.17, 15) is 22.5 Å². The molecular formula is C27H31F3N8O2S.